The predicted molar refractivity (Wildman–Crippen MR) is 72.0 cm³/mol. The normalized spacial score (nSPS) is 22.5. The van der Waals surface area contributed by atoms with Crippen LogP contribution in [0.1, 0.15) is 16.8 Å². The van der Waals surface area contributed by atoms with Crippen molar-refractivity contribution in [2.75, 3.05) is 13.7 Å². The molecule has 0 bridgehead atoms. The minimum atomic E-state index is -0.995. The molecule has 1 amide bonds. The number of methoxy groups -OCH3 is 1. The summed E-state index contributed by atoms with van der Waals surface area (Å²) in [6.07, 6.45) is 0.106. The molecular weight excluding hydrogens is 314 g/mol. The monoisotopic (exact) mass is 327 g/mol. The quantitative estimate of drug-likeness (QED) is 0.918. The Bertz CT molecular complexity index is 488. The summed E-state index contributed by atoms with van der Waals surface area (Å²) < 4.78 is 6.03. The fourth-order valence-corrected chi connectivity index (χ4v) is 2.45. The summed E-state index contributed by atoms with van der Waals surface area (Å²) in [6.45, 7) is 0.308. The Hall–Kier alpha value is -1.40. The van der Waals surface area contributed by atoms with Gasteiger partial charge in [0.1, 0.15) is 6.04 Å². The highest BCUT2D eigenvalue weighted by atomic mass is 79.9. The second-order valence-corrected chi connectivity index (χ2v) is 5.33. The molecule has 0 saturated carbocycles. The molecule has 1 fully saturated rings. The molecular formula is C13H14BrNO4. The van der Waals surface area contributed by atoms with Crippen LogP contribution < -0.4 is 0 Å². The number of nitrogens with zero attached hydrogens (tertiary/aromatic N) is 1. The molecule has 19 heavy (non-hydrogen) atoms. The van der Waals surface area contributed by atoms with Gasteiger partial charge in [-0.25, -0.2) is 4.79 Å². The van der Waals surface area contributed by atoms with Crippen molar-refractivity contribution in [1.29, 1.82) is 0 Å². The third-order valence-electron chi connectivity index (χ3n) is 3.23. The van der Waals surface area contributed by atoms with E-state index in [2.05, 4.69) is 15.9 Å². The Labute approximate surface area is 119 Å². The van der Waals surface area contributed by atoms with E-state index in [0.29, 0.717) is 18.5 Å². The van der Waals surface area contributed by atoms with Crippen LogP contribution in [0, 0.1) is 0 Å². The Balaban J connectivity index is 2.21. The van der Waals surface area contributed by atoms with E-state index in [1.807, 2.05) is 0 Å². The van der Waals surface area contributed by atoms with Crippen molar-refractivity contribution in [3.63, 3.8) is 0 Å². The van der Waals surface area contributed by atoms with Crippen LogP contribution in [-0.4, -0.2) is 47.7 Å². The number of carbonyl (C=O) groups is 2. The van der Waals surface area contributed by atoms with E-state index in [-0.39, 0.29) is 12.0 Å². The molecule has 2 atom stereocenters. The van der Waals surface area contributed by atoms with Crippen molar-refractivity contribution in [2.24, 2.45) is 0 Å². The van der Waals surface area contributed by atoms with Crippen LogP contribution in [0.3, 0.4) is 0 Å². The summed E-state index contributed by atoms with van der Waals surface area (Å²) in [6, 6.07) is 6.04. The number of carbonyl (C=O) groups excluding carboxylic acids is 1. The number of hydrogen-bond acceptors (Lipinski definition) is 3. The smallest absolute Gasteiger partial charge is 0.326 e. The van der Waals surface area contributed by atoms with Crippen LogP contribution in [0.4, 0.5) is 0 Å². The van der Waals surface area contributed by atoms with Gasteiger partial charge in [-0.3, -0.25) is 4.79 Å². The van der Waals surface area contributed by atoms with Crippen LogP contribution in [0.2, 0.25) is 0 Å². The second-order valence-electron chi connectivity index (χ2n) is 4.41. The maximum atomic E-state index is 12.3. The fourth-order valence-electron chi connectivity index (χ4n) is 2.19. The zero-order valence-corrected chi connectivity index (χ0v) is 12.0. The second kappa shape index (κ2) is 5.71. The lowest BCUT2D eigenvalue weighted by Gasteiger charge is -2.21. The van der Waals surface area contributed by atoms with E-state index in [9.17, 15) is 14.7 Å². The van der Waals surface area contributed by atoms with Gasteiger partial charge >= 0.3 is 5.97 Å². The predicted octanol–water partition coefficient (Wildman–Crippen LogP) is 1.76. The Morgan fingerprint density at radius 2 is 2.00 bits per heavy atom. The topological polar surface area (TPSA) is 66.8 Å². The first-order valence-corrected chi connectivity index (χ1v) is 6.64. The van der Waals surface area contributed by atoms with E-state index in [0.717, 1.165) is 4.47 Å². The number of hydrogen-bond donors (Lipinski definition) is 1. The zero-order valence-electron chi connectivity index (χ0n) is 10.4. The molecule has 5 nitrogen and oxygen atoms in total. The van der Waals surface area contributed by atoms with Crippen molar-refractivity contribution in [3.8, 4) is 0 Å². The van der Waals surface area contributed by atoms with Gasteiger partial charge < -0.3 is 14.7 Å². The molecule has 1 saturated heterocycles. The number of ether oxygens (including phenoxy) is 1. The summed E-state index contributed by atoms with van der Waals surface area (Å²) in [4.78, 5) is 24.9. The molecule has 2 unspecified atom stereocenters. The summed E-state index contributed by atoms with van der Waals surface area (Å²) >= 11 is 3.29. The third kappa shape index (κ3) is 2.96. The third-order valence-corrected chi connectivity index (χ3v) is 3.76. The summed E-state index contributed by atoms with van der Waals surface area (Å²) in [7, 11) is 1.52. The van der Waals surface area contributed by atoms with Gasteiger partial charge in [0.2, 0.25) is 0 Å². The first-order valence-electron chi connectivity index (χ1n) is 5.85. The summed E-state index contributed by atoms with van der Waals surface area (Å²) in [5, 5.41) is 9.18. The van der Waals surface area contributed by atoms with Crippen molar-refractivity contribution in [3.05, 3.63) is 34.3 Å². The minimum absolute atomic E-state index is 0.222. The highest BCUT2D eigenvalue weighted by molar-refractivity contribution is 9.10. The molecule has 0 aliphatic carbocycles. The van der Waals surface area contributed by atoms with Gasteiger partial charge in [-0.2, -0.15) is 0 Å². The molecule has 0 spiro atoms. The average molecular weight is 328 g/mol. The van der Waals surface area contributed by atoms with E-state index < -0.39 is 12.0 Å². The molecule has 1 heterocycles. The van der Waals surface area contributed by atoms with Crippen LogP contribution in [0.25, 0.3) is 0 Å². The van der Waals surface area contributed by atoms with Gasteiger partial charge in [-0.05, 0) is 24.3 Å². The number of amides is 1. The SMILES string of the molecule is COC1CC(C(=O)O)N(C(=O)c2ccc(Br)cc2)C1. The van der Waals surface area contributed by atoms with E-state index in [4.69, 9.17) is 4.74 Å². The van der Waals surface area contributed by atoms with E-state index in [1.165, 1.54) is 12.0 Å². The number of benzene rings is 1. The molecule has 6 heteroatoms. The number of carboxylic acids is 1. The maximum absolute atomic E-state index is 12.3. The Morgan fingerprint density at radius 1 is 1.37 bits per heavy atom. The van der Waals surface area contributed by atoms with Crippen molar-refractivity contribution in [1.82, 2.24) is 4.90 Å². The number of aliphatic carboxylic acids is 1. The molecule has 1 aliphatic rings. The number of carboxylic acid groups (broad SMARTS) is 1. The van der Waals surface area contributed by atoms with Crippen molar-refractivity contribution < 1.29 is 19.4 Å². The van der Waals surface area contributed by atoms with Gasteiger partial charge in [-0.1, -0.05) is 15.9 Å². The van der Waals surface area contributed by atoms with Crippen LogP contribution in [0.15, 0.2) is 28.7 Å². The van der Waals surface area contributed by atoms with Crippen molar-refractivity contribution in [2.45, 2.75) is 18.6 Å². The van der Waals surface area contributed by atoms with Gasteiger partial charge in [0.25, 0.3) is 5.91 Å². The summed E-state index contributed by atoms with van der Waals surface area (Å²) in [5.74, 6) is -1.27. The average Bonchev–Trinajstić information content (AvgIpc) is 2.83. The first kappa shape index (κ1) is 14.0. The lowest BCUT2D eigenvalue weighted by Crippen LogP contribution is -2.40. The highest BCUT2D eigenvalue weighted by Crippen LogP contribution is 2.23. The number of likely N-dealkylation sites (tertiary alicyclic amines) is 1. The molecule has 1 aromatic carbocycles. The molecule has 1 aliphatic heterocycles. The maximum Gasteiger partial charge on any atom is 0.326 e. The van der Waals surface area contributed by atoms with Gasteiger partial charge in [0.15, 0.2) is 0 Å². The van der Waals surface area contributed by atoms with Crippen LogP contribution in [-0.2, 0) is 9.53 Å². The zero-order chi connectivity index (χ0) is 14.0. The standard InChI is InChI=1S/C13H14BrNO4/c1-19-10-6-11(13(17)18)15(7-10)12(16)8-2-4-9(14)5-3-8/h2-5,10-11H,6-7H2,1H3,(H,17,18). The lowest BCUT2D eigenvalue weighted by molar-refractivity contribution is -0.141. The van der Waals surface area contributed by atoms with Crippen LogP contribution in [0.5, 0.6) is 0 Å². The highest BCUT2D eigenvalue weighted by Gasteiger charge is 2.40. The summed E-state index contributed by atoms with van der Waals surface area (Å²) in [5.41, 5.74) is 0.478. The minimum Gasteiger partial charge on any atom is -0.480 e. The van der Waals surface area contributed by atoms with E-state index >= 15 is 0 Å². The lowest BCUT2D eigenvalue weighted by atomic mass is 10.1. The Morgan fingerprint density at radius 3 is 2.53 bits per heavy atom. The Kier molecular flexibility index (Phi) is 4.21. The molecule has 102 valence electrons. The molecule has 1 N–H and O–H groups in total. The van der Waals surface area contributed by atoms with Gasteiger partial charge in [-0.15, -0.1) is 0 Å². The van der Waals surface area contributed by atoms with E-state index in [1.54, 1.807) is 24.3 Å². The van der Waals surface area contributed by atoms with Gasteiger partial charge in [0.05, 0.1) is 6.10 Å². The molecule has 1 aromatic rings. The van der Waals surface area contributed by atoms with Crippen LogP contribution >= 0.6 is 15.9 Å². The fraction of sp³-hybridized carbons (Fsp3) is 0.385. The largest absolute Gasteiger partial charge is 0.480 e. The number of rotatable bonds is 3. The first-order chi connectivity index (χ1) is 9.02. The molecule has 0 radical (unpaired) electrons. The molecule has 2 rings (SSSR count). The van der Waals surface area contributed by atoms with Gasteiger partial charge in [0, 0.05) is 30.1 Å². The molecule has 0 aromatic heterocycles. The van der Waals surface area contributed by atoms with Crippen molar-refractivity contribution >= 4 is 27.8 Å². The number of halogens is 1.